The summed E-state index contributed by atoms with van der Waals surface area (Å²) >= 11 is 0. The standard InChI is InChI=1S/C24H26N2O3/c27-13-21(23(28)25-20-12-14-9-10-15(20)11-14)26-24(29)22-18-7-3-1-5-16(18)17-6-2-4-8-19(17)22/h1-8,14-15,20-22,27H,9-13H2,(H,25,28)(H,26,29)/t14?,15?,20?,21-/m0/s1. The van der Waals surface area contributed by atoms with E-state index in [4.69, 9.17) is 0 Å². The second-order valence-corrected chi connectivity index (χ2v) is 8.64. The lowest BCUT2D eigenvalue weighted by atomic mass is 9.94. The van der Waals surface area contributed by atoms with E-state index in [1.807, 2.05) is 48.5 Å². The lowest BCUT2D eigenvalue weighted by Crippen LogP contribution is -2.53. The number of carbonyl (C=O) groups excluding carboxylic acids is 2. The Morgan fingerprint density at radius 3 is 2.17 bits per heavy atom. The largest absolute Gasteiger partial charge is 0.394 e. The second kappa shape index (κ2) is 7.30. The number of fused-ring (bicyclic) bond motifs is 5. The van der Waals surface area contributed by atoms with E-state index in [9.17, 15) is 14.7 Å². The normalized spacial score (nSPS) is 25.3. The molecule has 4 atom stereocenters. The van der Waals surface area contributed by atoms with E-state index in [2.05, 4.69) is 10.6 Å². The summed E-state index contributed by atoms with van der Waals surface area (Å²) in [6, 6.07) is 15.0. The van der Waals surface area contributed by atoms with Crippen molar-refractivity contribution in [3.63, 3.8) is 0 Å². The Labute approximate surface area is 170 Å². The molecule has 2 bridgehead atoms. The van der Waals surface area contributed by atoms with Crippen LogP contribution in [-0.4, -0.2) is 35.6 Å². The molecule has 3 aliphatic carbocycles. The zero-order chi connectivity index (χ0) is 20.0. The molecule has 150 valence electrons. The van der Waals surface area contributed by atoms with Gasteiger partial charge in [0.25, 0.3) is 0 Å². The third-order valence-corrected chi connectivity index (χ3v) is 6.98. The summed E-state index contributed by atoms with van der Waals surface area (Å²) in [5, 5.41) is 15.7. The molecule has 3 unspecified atom stereocenters. The van der Waals surface area contributed by atoms with Gasteiger partial charge >= 0.3 is 0 Å². The van der Waals surface area contributed by atoms with Gasteiger partial charge in [-0.15, -0.1) is 0 Å². The molecule has 3 aliphatic rings. The zero-order valence-corrected chi connectivity index (χ0v) is 16.3. The molecule has 0 saturated heterocycles. The number of aliphatic hydroxyl groups is 1. The SMILES string of the molecule is O=C(N[C@@H](CO)C(=O)NC1CC2CCC1C2)C1c2ccccc2-c2ccccc21. The molecule has 2 aromatic carbocycles. The fourth-order valence-electron chi connectivity index (χ4n) is 5.59. The van der Waals surface area contributed by atoms with Gasteiger partial charge < -0.3 is 15.7 Å². The summed E-state index contributed by atoms with van der Waals surface area (Å²) in [4.78, 5) is 26.0. The molecule has 2 fully saturated rings. The molecular formula is C24H26N2O3. The molecule has 5 heteroatoms. The maximum Gasteiger partial charge on any atom is 0.245 e. The number of aliphatic hydroxyl groups excluding tert-OH is 1. The quantitative estimate of drug-likeness (QED) is 0.734. The van der Waals surface area contributed by atoms with E-state index in [0.717, 1.165) is 34.6 Å². The highest BCUT2D eigenvalue weighted by molar-refractivity contribution is 5.98. The summed E-state index contributed by atoms with van der Waals surface area (Å²) in [6.07, 6.45) is 4.64. The van der Waals surface area contributed by atoms with Crippen LogP contribution in [0.2, 0.25) is 0 Å². The predicted octanol–water partition coefficient (Wildman–Crippen LogP) is 2.58. The average Bonchev–Trinajstić information content (AvgIpc) is 3.44. The minimum atomic E-state index is -0.929. The van der Waals surface area contributed by atoms with Gasteiger partial charge in [0, 0.05) is 6.04 Å². The second-order valence-electron chi connectivity index (χ2n) is 8.64. The van der Waals surface area contributed by atoms with Gasteiger partial charge in [-0.2, -0.15) is 0 Å². The van der Waals surface area contributed by atoms with Crippen molar-refractivity contribution in [2.75, 3.05) is 6.61 Å². The topological polar surface area (TPSA) is 78.4 Å². The third kappa shape index (κ3) is 3.14. The molecule has 2 amide bonds. The Morgan fingerprint density at radius 1 is 0.966 bits per heavy atom. The van der Waals surface area contributed by atoms with E-state index in [1.165, 1.54) is 19.3 Å². The van der Waals surface area contributed by atoms with E-state index < -0.39 is 18.6 Å². The van der Waals surface area contributed by atoms with Crippen LogP contribution in [0.4, 0.5) is 0 Å². The van der Waals surface area contributed by atoms with Crippen molar-refractivity contribution in [2.24, 2.45) is 11.8 Å². The number of carbonyl (C=O) groups is 2. The molecule has 29 heavy (non-hydrogen) atoms. The minimum Gasteiger partial charge on any atom is -0.394 e. The van der Waals surface area contributed by atoms with Crippen molar-refractivity contribution in [2.45, 2.75) is 43.7 Å². The number of benzene rings is 2. The van der Waals surface area contributed by atoms with Gasteiger partial charge in [0.15, 0.2) is 0 Å². The van der Waals surface area contributed by atoms with Crippen LogP contribution in [0.5, 0.6) is 0 Å². The highest BCUT2D eigenvalue weighted by atomic mass is 16.3. The zero-order valence-electron chi connectivity index (χ0n) is 16.3. The van der Waals surface area contributed by atoms with Gasteiger partial charge in [0.1, 0.15) is 6.04 Å². The van der Waals surface area contributed by atoms with Crippen LogP contribution in [0.15, 0.2) is 48.5 Å². The first kappa shape index (κ1) is 18.4. The summed E-state index contributed by atoms with van der Waals surface area (Å²) < 4.78 is 0. The van der Waals surface area contributed by atoms with Gasteiger partial charge in [-0.25, -0.2) is 0 Å². The summed E-state index contributed by atoms with van der Waals surface area (Å²) in [5.41, 5.74) is 3.98. The molecular weight excluding hydrogens is 364 g/mol. The Morgan fingerprint density at radius 2 is 1.62 bits per heavy atom. The smallest absolute Gasteiger partial charge is 0.245 e. The maximum absolute atomic E-state index is 13.2. The Balaban J connectivity index is 1.33. The van der Waals surface area contributed by atoms with Crippen LogP contribution in [-0.2, 0) is 9.59 Å². The van der Waals surface area contributed by atoms with Crippen molar-refractivity contribution in [1.29, 1.82) is 0 Å². The fourth-order valence-corrected chi connectivity index (χ4v) is 5.59. The van der Waals surface area contributed by atoms with Crippen LogP contribution in [0.3, 0.4) is 0 Å². The van der Waals surface area contributed by atoms with Crippen molar-refractivity contribution < 1.29 is 14.7 Å². The van der Waals surface area contributed by atoms with E-state index in [-0.39, 0.29) is 17.9 Å². The molecule has 0 heterocycles. The van der Waals surface area contributed by atoms with Crippen LogP contribution in [0.1, 0.15) is 42.7 Å². The molecule has 2 aromatic rings. The Hall–Kier alpha value is -2.66. The number of hydrogen-bond acceptors (Lipinski definition) is 3. The summed E-state index contributed by atoms with van der Waals surface area (Å²) in [6.45, 7) is -0.408. The predicted molar refractivity (Wildman–Crippen MR) is 110 cm³/mol. The molecule has 2 saturated carbocycles. The maximum atomic E-state index is 13.2. The molecule has 5 nitrogen and oxygen atoms in total. The Kier molecular flexibility index (Phi) is 4.63. The van der Waals surface area contributed by atoms with Crippen molar-refractivity contribution in [3.05, 3.63) is 59.7 Å². The first-order valence-corrected chi connectivity index (χ1v) is 10.6. The first-order valence-electron chi connectivity index (χ1n) is 10.6. The van der Waals surface area contributed by atoms with Crippen LogP contribution >= 0.6 is 0 Å². The molecule has 0 spiro atoms. The molecule has 0 aliphatic heterocycles. The molecule has 3 N–H and O–H groups in total. The molecule has 0 radical (unpaired) electrons. The average molecular weight is 390 g/mol. The minimum absolute atomic E-state index is 0.181. The highest BCUT2D eigenvalue weighted by Gasteiger charge is 2.41. The van der Waals surface area contributed by atoms with Gasteiger partial charge in [0.05, 0.1) is 12.5 Å². The van der Waals surface area contributed by atoms with E-state index in [0.29, 0.717) is 5.92 Å². The van der Waals surface area contributed by atoms with Crippen LogP contribution < -0.4 is 10.6 Å². The number of nitrogens with one attached hydrogen (secondary N) is 2. The highest BCUT2D eigenvalue weighted by Crippen LogP contribution is 2.45. The Bertz CT molecular complexity index is 911. The van der Waals surface area contributed by atoms with Crippen LogP contribution in [0, 0.1) is 11.8 Å². The number of amides is 2. The van der Waals surface area contributed by atoms with Gasteiger partial charge in [-0.3, -0.25) is 9.59 Å². The van der Waals surface area contributed by atoms with Gasteiger partial charge in [-0.05, 0) is 53.4 Å². The molecule has 5 rings (SSSR count). The summed E-state index contributed by atoms with van der Waals surface area (Å²) in [7, 11) is 0. The monoisotopic (exact) mass is 390 g/mol. The van der Waals surface area contributed by atoms with Gasteiger partial charge in [0.2, 0.25) is 11.8 Å². The molecule has 0 aromatic heterocycles. The lowest BCUT2D eigenvalue weighted by molar-refractivity contribution is -0.130. The number of rotatable bonds is 5. The van der Waals surface area contributed by atoms with E-state index >= 15 is 0 Å². The van der Waals surface area contributed by atoms with Crippen molar-refractivity contribution in [3.8, 4) is 11.1 Å². The van der Waals surface area contributed by atoms with Crippen molar-refractivity contribution in [1.82, 2.24) is 10.6 Å². The summed E-state index contributed by atoms with van der Waals surface area (Å²) in [5.74, 6) is 0.279. The van der Waals surface area contributed by atoms with Crippen LogP contribution in [0.25, 0.3) is 11.1 Å². The first-order chi connectivity index (χ1) is 14.2. The van der Waals surface area contributed by atoms with Gasteiger partial charge in [-0.1, -0.05) is 55.0 Å². The lowest BCUT2D eigenvalue weighted by Gasteiger charge is -2.26. The van der Waals surface area contributed by atoms with E-state index in [1.54, 1.807) is 0 Å². The number of hydrogen-bond donors (Lipinski definition) is 3. The van der Waals surface area contributed by atoms with Crippen molar-refractivity contribution >= 4 is 11.8 Å². The fraction of sp³-hybridized carbons (Fsp3) is 0.417. The third-order valence-electron chi connectivity index (χ3n) is 6.98.